The van der Waals surface area contributed by atoms with Crippen LogP contribution in [0.1, 0.15) is 23.8 Å². The monoisotopic (exact) mass is 367 g/mol. The van der Waals surface area contributed by atoms with E-state index in [1.807, 2.05) is 25.1 Å². The Bertz CT molecular complexity index is 773. The lowest BCUT2D eigenvalue weighted by Crippen LogP contribution is -2.40. The Kier molecular flexibility index (Phi) is 6.36. The predicted octanol–water partition coefficient (Wildman–Crippen LogP) is 2.22. The summed E-state index contributed by atoms with van der Waals surface area (Å²) in [5, 5.41) is 10.6. The van der Waals surface area contributed by atoms with Gasteiger partial charge in [0.15, 0.2) is 0 Å². The molecule has 0 radical (unpaired) electrons. The molecule has 1 aromatic heterocycles. The van der Waals surface area contributed by atoms with Crippen molar-refractivity contribution in [3.8, 4) is 0 Å². The molecule has 4 N–H and O–H groups in total. The number of carbonyl (C=O) groups is 1. The summed E-state index contributed by atoms with van der Waals surface area (Å²) < 4.78 is 22.5. The summed E-state index contributed by atoms with van der Waals surface area (Å²) in [6.07, 6.45) is 1.73. The fourth-order valence-electron chi connectivity index (χ4n) is 2.15. The number of aryl methyl sites for hydroxylation is 1. The fraction of sp³-hybridized carbons (Fsp3) is 0.312. The molecule has 0 saturated heterocycles. The zero-order valence-electron chi connectivity index (χ0n) is 13.4. The van der Waals surface area contributed by atoms with Gasteiger partial charge in [0.05, 0.1) is 6.54 Å². The number of rotatable bonds is 7. The summed E-state index contributed by atoms with van der Waals surface area (Å²) in [7, 11) is -3.68. The van der Waals surface area contributed by atoms with Gasteiger partial charge in [0.2, 0.25) is 10.0 Å². The van der Waals surface area contributed by atoms with Gasteiger partial charge >= 0.3 is 6.03 Å². The Balaban J connectivity index is 1.73. The van der Waals surface area contributed by atoms with Crippen LogP contribution in [0.15, 0.2) is 46.7 Å². The van der Waals surface area contributed by atoms with Gasteiger partial charge in [-0.05, 0) is 37.5 Å². The molecule has 1 heterocycles. The largest absolute Gasteiger partial charge is 0.336 e. The maximum atomic E-state index is 11.9. The number of hydrogen-bond donors (Lipinski definition) is 3. The molecule has 130 valence electrons. The summed E-state index contributed by atoms with van der Waals surface area (Å²) in [5.74, 6) is 0. The summed E-state index contributed by atoms with van der Waals surface area (Å²) in [6, 6.07) is 12.9. The Morgan fingerprint density at radius 3 is 2.54 bits per heavy atom. The molecule has 8 heteroatoms. The first-order valence-corrected chi connectivity index (χ1v) is 9.90. The molecular formula is C16H21N3O3S2. The van der Waals surface area contributed by atoms with Crippen LogP contribution in [-0.4, -0.2) is 20.5 Å². The molecule has 1 unspecified atom stereocenters. The van der Waals surface area contributed by atoms with Gasteiger partial charge < -0.3 is 10.6 Å². The van der Waals surface area contributed by atoms with Crippen molar-refractivity contribution in [2.45, 2.75) is 36.6 Å². The SMILES string of the molecule is CC(CCc1ccccc1)NC(=O)NCc1ccc(S(N)(=O)=O)s1. The van der Waals surface area contributed by atoms with Gasteiger partial charge in [0.1, 0.15) is 4.21 Å². The minimum atomic E-state index is -3.68. The number of hydrogen-bond acceptors (Lipinski definition) is 4. The van der Waals surface area contributed by atoms with Crippen molar-refractivity contribution in [2.24, 2.45) is 5.14 Å². The standard InChI is InChI=1S/C16H21N3O3S2/c1-12(7-8-13-5-3-2-4-6-13)19-16(20)18-11-14-9-10-15(23-14)24(17,21)22/h2-6,9-10,12H,7-8,11H2,1H3,(H2,17,21,22)(H2,18,19,20). The molecule has 2 aromatic rings. The molecule has 1 atom stereocenters. The van der Waals surface area contributed by atoms with E-state index in [0.717, 1.165) is 29.1 Å². The second-order valence-corrected chi connectivity index (χ2v) is 8.47. The number of primary sulfonamides is 1. The zero-order valence-corrected chi connectivity index (χ0v) is 15.0. The summed E-state index contributed by atoms with van der Waals surface area (Å²) >= 11 is 1.05. The van der Waals surface area contributed by atoms with Crippen LogP contribution in [0.25, 0.3) is 0 Å². The van der Waals surface area contributed by atoms with Gasteiger partial charge in [0, 0.05) is 10.9 Å². The summed E-state index contributed by atoms with van der Waals surface area (Å²) in [4.78, 5) is 12.6. The highest BCUT2D eigenvalue weighted by Gasteiger charge is 2.12. The lowest BCUT2D eigenvalue weighted by atomic mass is 10.1. The van der Waals surface area contributed by atoms with Crippen LogP contribution in [0.5, 0.6) is 0 Å². The van der Waals surface area contributed by atoms with Gasteiger partial charge in [-0.1, -0.05) is 30.3 Å². The molecule has 0 aliphatic carbocycles. The highest BCUT2D eigenvalue weighted by Crippen LogP contribution is 2.19. The molecule has 0 bridgehead atoms. The third kappa shape index (κ3) is 5.95. The van der Waals surface area contributed by atoms with E-state index < -0.39 is 10.0 Å². The van der Waals surface area contributed by atoms with Crippen molar-refractivity contribution >= 4 is 27.4 Å². The lowest BCUT2D eigenvalue weighted by molar-refractivity contribution is 0.237. The fourth-order valence-corrected chi connectivity index (χ4v) is 3.87. The van der Waals surface area contributed by atoms with E-state index in [-0.39, 0.29) is 22.8 Å². The van der Waals surface area contributed by atoms with Crippen molar-refractivity contribution in [1.82, 2.24) is 10.6 Å². The van der Waals surface area contributed by atoms with Gasteiger partial charge in [0.25, 0.3) is 0 Å². The van der Waals surface area contributed by atoms with E-state index in [4.69, 9.17) is 5.14 Å². The average Bonchev–Trinajstić information content (AvgIpc) is 3.01. The zero-order chi connectivity index (χ0) is 17.6. The van der Waals surface area contributed by atoms with E-state index in [2.05, 4.69) is 22.8 Å². The third-order valence-corrected chi connectivity index (χ3v) is 5.95. The van der Waals surface area contributed by atoms with E-state index in [9.17, 15) is 13.2 Å². The first kappa shape index (κ1) is 18.4. The normalized spacial score (nSPS) is 12.6. The van der Waals surface area contributed by atoms with Crippen LogP contribution in [0, 0.1) is 0 Å². The molecule has 0 fully saturated rings. The Morgan fingerprint density at radius 2 is 1.92 bits per heavy atom. The Hall–Kier alpha value is -1.90. The van der Waals surface area contributed by atoms with Crippen molar-refractivity contribution < 1.29 is 13.2 Å². The topological polar surface area (TPSA) is 101 Å². The molecule has 2 rings (SSSR count). The van der Waals surface area contributed by atoms with Gasteiger partial charge in [-0.25, -0.2) is 18.4 Å². The van der Waals surface area contributed by atoms with Crippen LogP contribution in [-0.2, 0) is 23.0 Å². The van der Waals surface area contributed by atoms with Crippen LogP contribution in [0.3, 0.4) is 0 Å². The number of thiophene rings is 1. The Labute approximate surface area is 146 Å². The van der Waals surface area contributed by atoms with Crippen LogP contribution >= 0.6 is 11.3 Å². The molecular weight excluding hydrogens is 346 g/mol. The molecule has 24 heavy (non-hydrogen) atoms. The molecule has 6 nitrogen and oxygen atoms in total. The van der Waals surface area contributed by atoms with Crippen molar-refractivity contribution in [2.75, 3.05) is 0 Å². The number of sulfonamides is 1. The second kappa shape index (κ2) is 8.27. The summed E-state index contributed by atoms with van der Waals surface area (Å²) in [6.45, 7) is 2.21. The third-order valence-electron chi connectivity index (χ3n) is 3.43. The van der Waals surface area contributed by atoms with Crippen molar-refractivity contribution in [1.29, 1.82) is 0 Å². The Morgan fingerprint density at radius 1 is 1.21 bits per heavy atom. The number of nitrogens with one attached hydrogen (secondary N) is 2. The molecule has 2 amide bonds. The van der Waals surface area contributed by atoms with Gasteiger partial charge in [-0.2, -0.15) is 0 Å². The lowest BCUT2D eigenvalue weighted by Gasteiger charge is -2.14. The summed E-state index contributed by atoms with van der Waals surface area (Å²) in [5.41, 5.74) is 1.24. The highest BCUT2D eigenvalue weighted by atomic mass is 32.2. The van der Waals surface area contributed by atoms with Crippen LogP contribution in [0.4, 0.5) is 4.79 Å². The molecule has 0 aliphatic heterocycles. The smallest absolute Gasteiger partial charge is 0.315 e. The van der Waals surface area contributed by atoms with Crippen LogP contribution < -0.4 is 15.8 Å². The quantitative estimate of drug-likeness (QED) is 0.699. The van der Waals surface area contributed by atoms with E-state index in [0.29, 0.717) is 0 Å². The van der Waals surface area contributed by atoms with Crippen molar-refractivity contribution in [3.05, 3.63) is 52.9 Å². The minimum absolute atomic E-state index is 0.0357. The van der Waals surface area contributed by atoms with E-state index in [1.165, 1.54) is 11.6 Å². The van der Waals surface area contributed by atoms with Crippen LogP contribution in [0.2, 0.25) is 0 Å². The first-order valence-electron chi connectivity index (χ1n) is 7.54. The van der Waals surface area contributed by atoms with E-state index >= 15 is 0 Å². The highest BCUT2D eigenvalue weighted by molar-refractivity contribution is 7.91. The first-order chi connectivity index (χ1) is 11.3. The number of nitrogens with two attached hydrogens (primary N) is 1. The molecule has 0 saturated carbocycles. The molecule has 0 spiro atoms. The van der Waals surface area contributed by atoms with E-state index in [1.54, 1.807) is 6.07 Å². The number of amides is 2. The second-order valence-electron chi connectivity index (χ2n) is 5.52. The van der Waals surface area contributed by atoms with Gasteiger partial charge in [-0.3, -0.25) is 0 Å². The van der Waals surface area contributed by atoms with Crippen molar-refractivity contribution in [3.63, 3.8) is 0 Å². The maximum Gasteiger partial charge on any atom is 0.315 e. The maximum absolute atomic E-state index is 11.9. The minimum Gasteiger partial charge on any atom is -0.336 e. The predicted molar refractivity (Wildman–Crippen MR) is 95.3 cm³/mol. The number of urea groups is 1. The van der Waals surface area contributed by atoms with Gasteiger partial charge in [-0.15, -0.1) is 11.3 Å². The number of benzene rings is 1. The number of carbonyl (C=O) groups excluding carboxylic acids is 1. The average molecular weight is 367 g/mol. The molecule has 1 aromatic carbocycles. The molecule has 0 aliphatic rings.